The summed E-state index contributed by atoms with van der Waals surface area (Å²) < 4.78 is 9.72. The summed E-state index contributed by atoms with van der Waals surface area (Å²) in [5.74, 6) is -0.926. The van der Waals surface area contributed by atoms with Crippen LogP contribution in [0.4, 0.5) is 0 Å². The molecule has 0 spiro atoms. The van der Waals surface area contributed by atoms with E-state index in [1.165, 1.54) is 0 Å². The van der Waals surface area contributed by atoms with E-state index in [2.05, 4.69) is 0 Å². The van der Waals surface area contributed by atoms with E-state index >= 15 is 0 Å². The lowest BCUT2D eigenvalue weighted by atomic mass is 10.2. The van der Waals surface area contributed by atoms with Crippen molar-refractivity contribution in [2.75, 3.05) is 13.2 Å². The normalized spacial score (nSPS) is 10.1. The first-order valence-corrected chi connectivity index (χ1v) is 7.84. The zero-order valence-corrected chi connectivity index (χ0v) is 13.5. The highest BCUT2D eigenvalue weighted by Crippen LogP contribution is 2.01. The molecule has 0 N–H and O–H groups in total. The minimum absolute atomic E-state index is 0.0538. The number of carbonyl (C=O) groups excluding carboxylic acids is 4. The first-order valence-electron chi connectivity index (χ1n) is 7.84. The Morgan fingerprint density at radius 3 is 1.27 bits per heavy atom. The molecule has 0 rings (SSSR count). The van der Waals surface area contributed by atoms with Crippen molar-refractivity contribution in [3.63, 3.8) is 0 Å². The van der Waals surface area contributed by atoms with Crippen molar-refractivity contribution in [3.05, 3.63) is 0 Å². The molecule has 0 saturated heterocycles. The lowest BCUT2D eigenvalue weighted by Gasteiger charge is -2.05. The first-order chi connectivity index (χ1) is 10.5. The number of carbonyl (C=O) groups is 4. The van der Waals surface area contributed by atoms with E-state index in [1.54, 1.807) is 0 Å². The van der Waals surface area contributed by atoms with Gasteiger partial charge in [-0.15, -0.1) is 0 Å². The standard InChI is InChI=1S/C16H26O6/c1-3-5-13(17)9-11-21-15(19)7-8-16(20)22-12-10-14(18)6-4-2/h3-12H2,1-2H3. The molecule has 0 heterocycles. The average molecular weight is 314 g/mol. The molecule has 22 heavy (non-hydrogen) atoms. The van der Waals surface area contributed by atoms with Crippen molar-refractivity contribution >= 4 is 23.5 Å². The number of ketones is 2. The summed E-state index contributed by atoms with van der Waals surface area (Å²) in [7, 11) is 0. The maximum atomic E-state index is 11.4. The van der Waals surface area contributed by atoms with E-state index < -0.39 is 11.9 Å². The van der Waals surface area contributed by atoms with Crippen LogP contribution in [0.3, 0.4) is 0 Å². The quantitative estimate of drug-likeness (QED) is 0.485. The van der Waals surface area contributed by atoms with Gasteiger partial charge in [0.2, 0.25) is 0 Å². The van der Waals surface area contributed by atoms with Crippen LogP contribution in [0.25, 0.3) is 0 Å². The highest BCUT2D eigenvalue weighted by molar-refractivity contribution is 5.80. The second-order valence-electron chi connectivity index (χ2n) is 5.02. The summed E-state index contributed by atoms with van der Waals surface area (Å²) in [5.41, 5.74) is 0. The van der Waals surface area contributed by atoms with Crippen LogP contribution in [0.2, 0.25) is 0 Å². The molecule has 0 amide bonds. The van der Waals surface area contributed by atoms with Gasteiger partial charge in [0, 0.05) is 25.7 Å². The second kappa shape index (κ2) is 13.0. The topological polar surface area (TPSA) is 86.7 Å². The van der Waals surface area contributed by atoms with E-state index in [-0.39, 0.29) is 50.5 Å². The molecule has 0 radical (unpaired) electrons. The maximum absolute atomic E-state index is 11.4. The minimum atomic E-state index is -0.525. The number of esters is 2. The summed E-state index contributed by atoms with van der Waals surface area (Å²) in [6, 6.07) is 0. The Balaban J connectivity index is 3.62. The van der Waals surface area contributed by atoms with Crippen molar-refractivity contribution < 1.29 is 28.7 Å². The molecule has 0 bridgehead atoms. The van der Waals surface area contributed by atoms with E-state index in [1.807, 2.05) is 13.8 Å². The fourth-order valence-electron chi connectivity index (χ4n) is 1.71. The molecule has 0 unspecified atom stereocenters. The molecule has 0 aliphatic carbocycles. The van der Waals surface area contributed by atoms with Gasteiger partial charge in [-0.1, -0.05) is 13.8 Å². The van der Waals surface area contributed by atoms with Gasteiger partial charge in [-0.3, -0.25) is 19.2 Å². The van der Waals surface area contributed by atoms with Gasteiger partial charge in [-0.2, -0.15) is 0 Å². The van der Waals surface area contributed by atoms with E-state index in [4.69, 9.17) is 9.47 Å². The summed E-state index contributed by atoms with van der Waals surface area (Å²) in [6.07, 6.45) is 2.79. The van der Waals surface area contributed by atoms with Crippen LogP contribution in [0, 0.1) is 0 Å². The van der Waals surface area contributed by atoms with Gasteiger partial charge in [0.15, 0.2) is 0 Å². The average Bonchev–Trinajstić information content (AvgIpc) is 2.45. The van der Waals surface area contributed by atoms with Gasteiger partial charge in [-0.05, 0) is 12.8 Å². The lowest BCUT2D eigenvalue weighted by molar-refractivity contribution is -0.151. The predicted molar refractivity (Wildman–Crippen MR) is 80.2 cm³/mol. The molecule has 0 aromatic heterocycles. The van der Waals surface area contributed by atoms with Crippen molar-refractivity contribution in [2.45, 2.75) is 65.2 Å². The Kier molecular flexibility index (Phi) is 12.0. The number of hydrogen-bond acceptors (Lipinski definition) is 6. The Morgan fingerprint density at radius 1 is 0.591 bits per heavy atom. The zero-order valence-electron chi connectivity index (χ0n) is 13.5. The van der Waals surface area contributed by atoms with Crippen molar-refractivity contribution in [1.29, 1.82) is 0 Å². The summed E-state index contributed by atoms with van der Waals surface area (Å²) in [4.78, 5) is 45.2. The molecule has 0 fully saturated rings. The molecule has 0 saturated carbocycles. The third kappa shape index (κ3) is 12.1. The van der Waals surface area contributed by atoms with Gasteiger partial charge in [-0.25, -0.2) is 0 Å². The fourth-order valence-corrected chi connectivity index (χ4v) is 1.71. The first kappa shape index (κ1) is 20.3. The third-order valence-electron chi connectivity index (χ3n) is 2.88. The number of ether oxygens (including phenoxy) is 2. The molecular weight excluding hydrogens is 288 g/mol. The van der Waals surface area contributed by atoms with Gasteiger partial charge in [0.1, 0.15) is 11.6 Å². The molecular formula is C16H26O6. The van der Waals surface area contributed by atoms with Gasteiger partial charge in [0.25, 0.3) is 0 Å². The molecule has 0 aromatic carbocycles. The largest absolute Gasteiger partial charge is 0.465 e. The van der Waals surface area contributed by atoms with Crippen molar-refractivity contribution in [2.24, 2.45) is 0 Å². The number of hydrogen-bond donors (Lipinski definition) is 0. The van der Waals surface area contributed by atoms with Crippen LogP contribution in [0.5, 0.6) is 0 Å². The summed E-state index contributed by atoms with van der Waals surface area (Å²) in [5, 5.41) is 0. The smallest absolute Gasteiger partial charge is 0.306 e. The van der Waals surface area contributed by atoms with Crippen LogP contribution < -0.4 is 0 Å². The SMILES string of the molecule is CCCC(=O)CCOC(=O)CCC(=O)OCCC(=O)CCC. The van der Waals surface area contributed by atoms with E-state index in [0.29, 0.717) is 12.8 Å². The Bertz CT molecular complexity index is 339. The fraction of sp³-hybridized carbons (Fsp3) is 0.750. The second-order valence-corrected chi connectivity index (χ2v) is 5.02. The molecule has 0 aliphatic rings. The molecule has 0 atom stereocenters. The third-order valence-corrected chi connectivity index (χ3v) is 2.88. The van der Waals surface area contributed by atoms with Gasteiger partial charge in [0.05, 0.1) is 26.1 Å². The number of Topliss-reactive ketones (excluding diaryl/α,β-unsaturated/α-hetero) is 2. The van der Waals surface area contributed by atoms with Crippen LogP contribution in [-0.4, -0.2) is 36.7 Å². The van der Waals surface area contributed by atoms with E-state index in [0.717, 1.165) is 12.8 Å². The van der Waals surface area contributed by atoms with Crippen LogP contribution in [0.15, 0.2) is 0 Å². The monoisotopic (exact) mass is 314 g/mol. The van der Waals surface area contributed by atoms with Crippen LogP contribution in [0.1, 0.15) is 65.2 Å². The van der Waals surface area contributed by atoms with Gasteiger partial charge < -0.3 is 9.47 Å². The van der Waals surface area contributed by atoms with Crippen LogP contribution >= 0.6 is 0 Å². The summed E-state index contributed by atoms with van der Waals surface area (Å²) >= 11 is 0. The van der Waals surface area contributed by atoms with Gasteiger partial charge >= 0.3 is 11.9 Å². The highest BCUT2D eigenvalue weighted by atomic mass is 16.5. The van der Waals surface area contributed by atoms with Crippen molar-refractivity contribution in [1.82, 2.24) is 0 Å². The molecule has 0 aromatic rings. The van der Waals surface area contributed by atoms with Crippen LogP contribution in [-0.2, 0) is 28.7 Å². The molecule has 126 valence electrons. The zero-order chi connectivity index (χ0) is 16.8. The Hall–Kier alpha value is -1.72. The minimum Gasteiger partial charge on any atom is -0.465 e. The molecule has 6 heteroatoms. The van der Waals surface area contributed by atoms with E-state index in [9.17, 15) is 19.2 Å². The molecule has 0 aliphatic heterocycles. The Labute approximate surface area is 131 Å². The van der Waals surface area contributed by atoms with Crippen molar-refractivity contribution in [3.8, 4) is 0 Å². The number of rotatable bonds is 13. The molecule has 6 nitrogen and oxygen atoms in total. The Morgan fingerprint density at radius 2 is 0.955 bits per heavy atom. The highest BCUT2D eigenvalue weighted by Gasteiger charge is 2.10. The maximum Gasteiger partial charge on any atom is 0.306 e. The summed E-state index contributed by atoms with van der Waals surface area (Å²) in [6.45, 7) is 3.92. The lowest BCUT2D eigenvalue weighted by Crippen LogP contribution is -2.14. The predicted octanol–water partition coefficient (Wildman–Crippen LogP) is 2.37.